The summed E-state index contributed by atoms with van der Waals surface area (Å²) in [6, 6.07) is 19.1. The first-order valence-corrected chi connectivity index (χ1v) is 10.7. The molecule has 0 saturated carbocycles. The third-order valence-electron chi connectivity index (χ3n) is 5.08. The lowest BCUT2D eigenvalue weighted by molar-refractivity contribution is -0.144. The molecule has 1 amide bonds. The molecule has 0 bridgehead atoms. The highest BCUT2D eigenvalue weighted by molar-refractivity contribution is 5.99. The minimum absolute atomic E-state index is 0.0442. The molecule has 0 aliphatic rings. The summed E-state index contributed by atoms with van der Waals surface area (Å²) in [6.45, 7) is 3.17. The number of hydrogen-bond donors (Lipinski definition) is 0. The van der Waals surface area contributed by atoms with Gasteiger partial charge < -0.3 is 9.47 Å². The summed E-state index contributed by atoms with van der Waals surface area (Å²) in [4.78, 5) is 26.8. The molecule has 0 unspecified atom stereocenters. The molecule has 5 nitrogen and oxygen atoms in total. The fourth-order valence-electron chi connectivity index (χ4n) is 3.41. The van der Waals surface area contributed by atoms with Crippen LogP contribution in [0.1, 0.15) is 25.0 Å². The number of benzene rings is 3. The first-order chi connectivity index (χ1) is 16.2. The van der Waals surface area contributed by atoms with Gasteiger partial charge in [0, 0.05) is 5.56 Å². The average molecular weight is 471 g/mol. The second-order valence-corrected chi connectivity index (χ2v) is 7.43. The predicted octanol–water partition coefficient (Wildman–Crippen LogP) is 6.47. The monoisotopic (exact) mass is 471 g/mol. The van der Waals surface area contributed by atoms with E-state index in [1.165, 1.54) is 19.1 Å². The predicted molar refractivity (Wildman–Crippen MR) is 122 cm³/mol. The molecular weight excluding hydrogens is 447 g/mol. The third-order valence-corrected chi connectivity index (χ3v) is 5.08. The molecule has 0 fully saturated rings. The smallest absolute Gasteiger partial charge is 0.416 e. The molecule has 34 heavy (non-hydrogen) atoms. The molecule has 0 radical (unpaired) electrons. The molecule has 1 atom stereocenters. The van der Waals surface area contributed by atoms with Crippen LogP contribution in [0.3, 0.4) is 0 Å². The SMILES string of the molecule is CCOC(=O)[C@H](C)N(C(=O)OCc1ccccc1)c1ccccc1-c1cccc(C(F)(F)F)c1. The van der Waals surface area contributed by atoms with Crippen LogP contribution in [0.5, 0.6) is 0 Å². The van der Waals surface area contributed by atoms with Gasteiger partial charge in [-0.2, -0.15) is 13.2 Å². The van der Waals surface area contributed by atoms with Crippen molar-refractivity contribution in [3.63, 3.8) is 0 Å². The Hall–Kier alpha value is -3.81. The molecule has 0 aliphatic carbocycles. The maximum Gasteiger partial charge on any atom is 0.416 e. The van der Waals surface area contributed by atoms with Crippen LogP contribution >= 0.6 is 0 Å². The Morgan fingerprint density at radius 1 is 0.912 bits per heavy atom. The minimum Gasteiger partial charge on any atom is -0.464 e. The van der Waals surface area contributed by atoms with E-state index in [0.29, 0.717) is 5.56 Å². The first-order valence-electron chi connectivity index (χ1n) is 10.7. The number of para-hydroxylation sites is 1. The largest absolute Gasteiger partial charge is 0.464 e. The number of alkyl halides is 3. The standard InChI is InChI=1S/C26H24F3NO4/c1-3-33-24(31)18(2)30(25(32)34-17-19-10-5-4-6-11-19)23-15-8-7-14-22(23)20-12-9-13-21(16-20)26(27,28)29/h4-16,18H,3,17H2,1-2H3/t18-/m0/s1. The van der Waals surface area contributed by atoms with Crippen molar-refractivity contribution in [2.45, 2.75) is 32.7 Å². The molecule has 3 aromatic carbocycles. The van der Waals surface area contributed by atoms with Crippen LogP contribution in [-0.4, -0.2) is 24.7 Å². The van der Waals surface area contributed by atoms with Gasteiger partial charge in [-0.1, -0.05) is 60.7 Å². The van der Waals surface area contributed by atoms with Crippen molar-refractivity contribution < 1.29 is 32.2 Å². The van der Waals surface area contributed by atoms with Crippen molar-refractivity contribution in [1.29, 1.82) is 0 Å². The first kappa shape index (κ1) is 24.8. The number of rotatable bonds is 7. The fraction of sp³-hybridized carbons (Fsp3) is 0.231. The fourth-order valence-corrected chi connectivity index (χ4v) is 3.41. The van der Waals surface area contributed by atoms with Gasteiger partial charge in [-0.25, -0.2) is 9.59 Å². The molecule has 3 rings (SSSR count). The Morgan fingerprint density at radius 2 is 1.59 bits per heavy atom. The van der Waals surface area contributed by atoms with Gasteiger partial charge >= 0.3 is 18.2 Å². The van der Waals surface area contributed by atoms with E-state index in [4.69, 9.17) is 9.47 Å². The Balaban J connectivity index is 2.03. The number of carbonyl (C=O) groups excluding carboxylic acids is 2. The van der Waals surface area contributed by atoms with Gasteiger partial charge in [-0.15, -0.1) is 0 Å². The Labute approximate surface area is 195 Å². The van der Waals surface area contributed by atoms with E-state index in [0.717, 1.165) is 22.6 Å². The molecule has 0 saturated heterocycles. The van der Waals surface area contributed by atoms with Crippen molar-refractivity contribution >= 4 is 17.7 Å². The quantitative estimate of drug-likeness (QED) is 0.371. The van der Waals surface area contributed by atoms with Crippen LogP contribution in [-0.2, 0) is 27.1 Å². The second-order valence-electron chi connectivity index (χ2n) is 7.43. The van der Waals surface area contributed by atoms with E-state index in [2.05, 4.69) is 0 Å². The lowest BCUT2D eigenvalue weighted by Crippen LogP contribution is -2.45. The van der Waals surface area contributed by atoms with E-state index >= 15 is 0 Å². The number of anilines is 1. The second kappa shape index (κ2) is 10.9. The van der Waals surface area contributed by atoms with Crippen molar-refractivity contribution in [1.82, 2.24) is 0 Å². The van der Waals surface area contributed by atoms with Crippen molar-refractivity contribution in [2.24, 2.45) is 0 Å². The third kappa shape index (κ3) is 5.95. The number of esters is 1. The maximum atomic E-state index is 13.3. The Morgan fingerprint density at radius 3 is 2.26 bits per heavy atom. The maximum absolute atomic E-state index is 13.3. The Bertz CT molecular complexity index is 1130. The number of ether oxygens (including phenoxy) is 2. The van der Waals surface area contributed by atoms with E-state index in [9.17, 15) is 22.8 Å². The van der Waals surface area contributed by atoms with Gasteiger partial charge in [0.1, 0.15) is 12.6 Å². The van der Waals surface area contributed by atoms with Crippen LogP contribution < -0.4 is 4.90 Å². The summed E-state index contributed by atoms with van der Waals surface area (Å²) in [7, 11) is 0. The molecule has 3 aromatic rings. The van der Waals surface area contributed by atoms with Gasteiger partial charge in [0.05, 0.1) is 17.9 Å². The van der Waals surface area contributed by atoms with E-state index < -0.39 is 29.8 Å². The van der Waals surface area contributed by atoms with Gasteiger partial charge in [-0.05, 0) is 43.2 Å². The lowest BCUT2D eigenvalue weighted by atomic mass is 10.00. The normalized spacial score (nSPS) is 12.0. The summed E-state index contributed by atoms with van der Waals surface area (Å²) in [5.74, 6) is -0.669. The number of nitrogens with zero attached hydrogens (tertiary/aromatic N) is 1. The van der Waals surface area contributed by atoms with Crippen LogP contribution in [0.2, 0.25) is 0 Å². The lowest BCUT2D eigenvalue weighted by Gasteiger charge is -2.29. The molecule has 0 aliphatic heterocycles. The number of amides is 1. The zero-order chi connectivity index (χ0) is 24.7. The van der Waals surface area contributed by atoms with Gasteiger partial charge in [0.2, 0.25) is 0 Å². The van der Waals surface area contributed by atoms with E-state index in [1.54, 1.807) is 55.5 Å². The summed E-state index contributed by atoms with van der Waals surface area (Å²) < 4.78 is 50.5. The van der Waals surface area contributed by atoms with Crippen molar-refractivity contribution in [3.05, 3.63) is 90.0 Å². The van der Waals surface area contributed by atoms with Crippen LogP contribution in [0, 0.1) is 0 Å². The summed E-state index contributed by atoms with van der Waals surface area (Å²) >= 11 is 0. The highest BCUT2D eigenvalue weighted by Gasteiger charge is 2.33. The van der Waals surface area contributed by atoms with Gasteiger partial charge in [0.15, 0.2) is 0 Å². The number of hydrogen-bond acceptors (Lipinski definition) is 4. The Kier molecular flexibility index (Phi) is 7.94. The zero-order valence-corrected chi connectivity index (χ0v) is 18.7. The summed E-state index contributed by atoms with van der Waals surface area (Å²) in [5, 5.41) is 0. The molecule has 0 aromatic heterocycles. The van der Waals surface area contributed by atoms with Gasteiger partial charge in [0.25, 0.3) is 0 Å². The molecule has 0 spiro atoms. The van der Waals surface area contributed by atoms with E-state index in [1.807, 2.05) is 6.07 Å². The highest BCUT2D eigenvalue weighted by Crippen LogP contribution is 2.36. The summed E-state index contributed by atoms with van der Waals surface area (Å²) in [6.07, 6.45) is -5.36. The highest BCUT2D eigenvalue weighted by atomic mass is 19.4. The average Bonchev–Trinajstić information content (AvgIpc) is 2.83. The van der Waals surface area contributed by atoms with Crippen molar-refractivity contribution in [2.75, 3.05) is 11.5 Å². The number of carbonyl (C=O) groups is 2. The molecule has 8 heteroatoms. The van der Waals surface area contributed by atoms with Crippen LogP contribution in [0.4, 0.5) is 23.7 Å². The van der Waals surface area contributed by atoms with E-state index in [-0.39, 0.29) is 24.5 Å². The zero-order valence-electron chi connectivity index (χ0n) is 18.7. The van der Waals surface area contributed by atoms with Gasteiger partial charge in [-0.3, -0.25) is 4.90 Å². The van der Waals surface area contributed by atoms with Crippen molar-refractivity contribution in [3.8, 4) is 11.1 Å². The molecule has 178 valence electrons. The minimum atomic E-state index is -4.53. The van der Waals surface area contributed by atoms with Crippen LogP contribution in [0.25, 0.3) is 11.1 Å². The number of halogens is 3. The topological polar surface area (TPSA) is 55.8 Å². The molecule has 0 N–H and O–H groups in total. The molecule has 0 heterocycles. The molecular formula is C26H24F3NO4. The summed E-state index contributed by atoms with van der Waals surface area (Å²) in [5.41, 5.74) is 0.714. The van der Waals surface area contributed by atoms with Crippen LogP contribution in [0.15, 0.2) is 78.9 Å².